The molecule has 2 rings (SSSR count). The van der Waals surface area contributed by atoms with Gasteiger partial charge >= 0.3 is 5.97 Å². The highest BCUT2D eigenvalue weighted by Crippen LogP contribution is 2.29. The van der Waals surface area contributed by atoms with Gasteiger partial charge in [0, 0.05) is 7.05 Å². The molecule has 0 aliphatic heterocycles. The Labute approximate surface area is 119 Å². The highest BCUT2D eigenvalue weighted by Gasteiger charge is 2.21. The molecule has 0 fully saturated rings. The first kappa shape index (κ1) is 14.1. The van der Waals surface area contributed by atoms with E-state index in [9.17, 15) is 9.59 Å². The maximum Gasteiger partial charge on any atom is 0.350 e. The molecule has 0 bridgehead atoms. The van der Waals surface area contributed by atoms with Crippen molar-refractivity contribution in [1.29, 1.82) is 0 Å². The summed E-state index contributed by atoms with van der Waals surface area (Å²) in [5.74, 6) is -0.912. The summed E-state index contributed by atoms with van der Waals surface area (Å²) < 4.78 is 6.07. The van der Waals surface area contributed by atoms with E-state index in [4.69, 9.17) is 5.73 Å². The average molecular weight is 294 g/mol. The van der Waals surface area contributed by atoms with Crippen molar-refractivity contribution in [3.63, 3.8) is 0 Å². The molecule has 3 N–H and O–H groups in total. The zero-order valence-corrected chi connectivity index (χ0v) is 12.1. The van der Waals surface area contributed by atoms with Crippen LogP contribution >= 0.6 is 11.3 Å². The van der Waals surface area contributed by atoms with Crippen molar-refractivity contribution in [2.45, 2.75) is 6.92 Å². The Balaban J connectivity index is 2.33. The van der Waals surface area contributed by atoms with E-state index in [1.807, 2.05) is 0 Å². The lowest BCUT2D eigenvalue weighted by Gasteiger charge is -2.08. The number of rotatable bonds is 3. The second-order valence-corrected chi connectivity index (χ2v) is 5.02. The number of thiophene rings is 1. The van der Waals surface area contributed by atoms with E-state index >= 15 is 0 Å². The van der Waals surface area contributed by atoms with Gasteiger partial charge in [-0.1, -0.05) is 0 Å². The second-order valence-electron chi connectivity index (χ2n) is 4.14. The summed E-state index contributed by atoms with van der Waals surface area (Å²) in [5, 5.41) is 8.36. The fourth-order valence-electron chi connectivity index (χ4n) is 1.75. The van der Waals surface area contributed by atoms with E-state index in [0.717, 1.165) is 5.56 Å². The van der Waals surface area contributed by atoms with Crippen LogP contribution in [0, 0.1) is 6.92 Å². The van der Waals surface area contributed by atoms with Crippen LogP contribution in [0.5, 0.6) is 0 Å². The topological polar surface area (TPSA) is 99.2 Å². The number of nitrogens with one attached hydrogen (secondary N) is 1. The Morgan fingerprint density at radius 2 is 2.20 bits per heavy atom. The van der Waals surface area contributed by atoms with Gasteiger partial charge in [0.05, 0.1) is 24.7 Å². The summed E-state index contributed by atoms with van der Waals surface area (Å²) in [6.07, 6.45) is 1.40. The number of carbonyl (C=O) groups is 2. The lowest BCUT2D eigenvalue weighted by atomic mass is 10.2. The van der Waals surface area contributed by atoms with Gasteiger partial charge in [-0.25, -0.2) is 4.79 Å². The number of ether oxygens (including phenoxy) is 1. The Morgan fingerprint density at radius 1 is 1.50 bits per heavy atom. The SMILES string of the molecule is COC(=O)c1scc(C)c1NC(=O)c1c(N)cnn1C. The molecular weight excluding hydrogens is 280 g/mol. The van der Waals surface area contributed by atoms with Gasteiger partial charge in [-0.2, -0.15) is 5.10 Å². The largest absolute Gasteiger partial charge is 0.465 e. The monoisotopic (exact) mass is 294 g/mol. The highest BCUT2D eigenvalue weighted by molar-refractivity contribution is 7.12. The number of esters is 1. The minimum atomic E-state index is -0.489. The van der Waals surface area contributed by atoms with Gasteiger partial charge in [0.1, 0.15) is 10.6 Å². The standard InChI is InChI=1S/C12H14N4O3S/c1-6-5-20-10(12(18)19-3)8(6)15-11(17)9-7(13)4-14-16(9)2/h4-5H,13H2,1-3H3,(H,15,17). The minimum Gasteiger partial charge on any atom is -0.465 e. The molecule has 0 saturated heterocycles. The van der Waals surface area contributed by atoms with Gasteiger partial charge in [0.15, 0.2) is 0 Å². The van der Waals surface area contributed by atoms with Crippen molar-refractivity contribution in [3.8, 4) is 0 Å². The number of aryl methyl sites for hydroxylation is 2. The molecule has 0 atom stereocenters. The molecule has 2 aromatic rings. The third kappa shape index (κ3) is 2.37. The lowest BCUT2D eigenvalue weighted by Crippen LogP contribution is -2.19. The number of nitrogens with two attached hydrogens (primary N) is 1. The molecule has 0 aliphatic rings. The normalized spacial score (nSPS) is 10.3. The molecule has 1 amide bonds. The molecule has 0 spiro atoms. The van der Waals surface area contributed by atoms with Crippen molar-refractivity contribution >= 4 is 34.6 Å². The van der Waals surface area contributed by atoms with Crippen LogP contribution in [0.1, 0.15) is 25.7 Å². The summed E-state index contributed by atoms with van der Waals surface area (Å²) in [5.41, 5.74) is 7.44. The first-order valence-corrected chi connectivity index (χ1v) is 6.59. The lowest BCUT2D eigenvalue weighted by molar-refractivity contribution is 0.0607. The fraction of sp³-hybridized carbons (Fsp3) is 0.250. The van der Waals surface area contributed by atoms with Crippen LogP contribution in [0.4, 0.5) is 11.4 Å². The summed E-state index contributed by atoms with van der Waals surface area (Å²) in [7, 11) is 2.91. The van der Waals surface area contributed by atoms with E-state index in [0.29, 0.717) is 10.6 Å². The molecule has 0 unspecified atom stereocenters. The van der Waals surface area contributed by atoms with Crippen molar-refractivity contribution < 1.29 is 14.3 Å². The summed E-state index contributed by atoms with van der Waals surface area (Å²) in [6, 6.07) is 0. The van der Waals surface area contributed by atoms with Crippen molar-refractivity contribution in [3.05, 3.63) is 27.7 Å². The number of aromatic nitrogens is 2. The maximum absolute atomic E-state index is 12.2. The molecule has 106 valence electrons. The number of nitrogens with zero attached hydrogens (tertiary/aromatic N) is 2. The van der Waals surface area contributed by atoms with Crippen LogP contribution in [0.25, 0.3) is 0 Å². The number of hydrogen-bond donors (Lipinski definition) is 2. The predicted octanol–water partition coefficient (Wildman–Crippen LogP) is 1.41. The molecule has 2 aromatic heterocycles. The number of amides is 1. The average Bonchev–Trinajstić information content (AvgIpc) is 2.93. The second kappa shape index (κ2) is 5.33. The van der Waals surface area contributed by atoms with Crippen LogP contribution < -0.4 is 11.1 Å². The quantitative estimate of drug-likeness (QED) is 0.834. The molecule has 2 heterocycles. The maximum atomic E-state index is 12.2. The van der Waals surface area contributed by atoms with E-state index in [2.05, 4.69) is 15.2 Å². The van der Waals surface area contributed by atoms with Crippen LogP contribution in [-0.2, 0) is 11.8 Å². The van der Waals surface area contributed by atoms with E-state index < -0.39 is 11.9 Å². The Morgan fingerprint density at radius 3 is 2.75 bits per heavy atom. The van der Waals surface area contributed by atoms with Gasteiger partial charge in [0.2, 0.25) is 0 Å². The van der Waals surface area contributed by atoms with E-state index in [-0.39, 0.29) is 11.4 Å². The molecule has 0 radical (unpaired) electrons. The van der Waals surface area contributed by atoms with Gasteiger partial charge in [0.25, 0.3) is 5.91 Å². The van der Waals surface area contributed by atoms with Gasteiger partial charge in [-0.05, 0) is 17.9 Å². The summed E-state index contributed by atoms with van der Waals surface area (Å²) in [6.45, 7) is 1.80. The Hall–Kier alpha value is -2.35. The summed E-state index contributed by atoms with van der Waals surface area (Å²) >= 11 is 1.21. The molecule has 20 heavy (non-hydrogen) atoms. The Kier molecular flexibility index (Phi) is 3.75. The van der Waals surface area contributed by atoms with Crippen molar-refractivity contribution in [2.75, 3.05) is 18.2 Å². The first-order chi connectivity index (χ1) is 9.45. The van der Waals surface area contributed by atoms with Crippen molar-refractivity contribution in [1.82, 2.24) is 9.78 Å². The zero-order valence-electron chi connectivity index (χ0n) is 11.3. The van der Waals surface area contributed by atoms with Crippen LogP contribution in [0.2, 0.25) is 0 Å². The van der Waals surface area contributed by atoms with E-state index in [1.165, 1.54) is 29.3 Å². The molecule has 0 saturated carbocycles. The van der Waals surface area contributed by atoms with Crippen LogP contribution in [0.15, 0.2) is 11.6 Å². The fourth-order valence-corrected chi connectivity index (χ4v) is 2.67. The molecule has 8 heteroatoms. The smallest absolute Gasteiger partial charge is 0.350 e. The first-order valence-electron chi connectivity index (χ1n) is 5.71. The van der Waals surface area contributed by atoms with Crippen LogP contribution in [-0.4, -0.2) is 28.8 Å². The molecule has 7 nitrogen and oxygen atoms in total. The van der Waals surface area contributed by atoms with Gasteiger partial charge < -0.3 is 15.8 Å². The minimum absolute atomic E-state index is 0.242. The molecule has 0 aliphatic carbocycles. The third-order valence-corrected chi connectivity index (χ3v) is 3.84. The Bertz CT molecular complexity index is 655. The molecular formula is C12H14N4O3S. The van der Waals surface area contributed by atoms with Gasteiger partial charge in [-0.3, -0.25) is 9.48 Å². The highest BCUT2D eigenvalue weighted by atomic mass is 32.1. The predicted molar refractivity (Wildman–Crippen MR) is 76.0 cm³/mol. The zero-order chi connectivity index (χ0) is 14.9. The molecule has 0 aromatic carbocycles. The number of hydrogen-bond acceptors (Lipinski definition) is 6. The van der Waals surface area contributed by atoms with Crippen LogP contribution in [0.3, 0.4) is 0 Å². The number of methoxy groups -OCH3 is 1. The van der Waals surface area contributed by atoms with Gasteiger partial charge in [-0.15, -0.1) is 11.3 Å². The van der Waals surface area contributed by atoms with E-state index in [1.54, 1.807) is 19.4 Å². The number of nitrogen functional groups attached to an aromatic ring is 1. The number of carbonyl (C=O) groups excluding carboxylic acids is 2. The van der Waals surface area contributed by atoms with Crippen molar-refractivity contribution in [2.24, 2.45) is 7.05 Å². The summed E-state index contributed by atoms with van der Waals surface area (Å²) in [4.78, 5) is 24.2. The number of anilines is 2. The third-order valence-electron chi connectivity index (χ3n) is 2.77.